The lowest BCUT2D eigenvalue weighted by Crippen LogP contribution is -2.21. The van der Waals surface area contributed by atoms with Gasteiger partial charge in [-0.3, -0.25) is 4.79 Å². The lowest BCUT2D eigenvalue weighted by Gasteiger charge is -2.17. The van der Waals surface area contributed by atoms with Crippen LogP contribution < -0.4 is 5.32 Å². The second-order valence-electron chi connectivity index (χ2n) is 5.77. The van der Waals surface area contributed by atoms with Crippen LogP contribution in [0.3, 0.4) is 0 Å². The SMILES string of the molecule is CC(NCCc1c[nH]c2ccccc12)=C1CCCCC1=O. The van der Waals surface area contributed by atoms with Gasteiger partial charge in [0.2, 0.25) is 0 Å². The number of ketones is 1. The number of para-hydroxylation sites is 1. The summed E-state index contributed by atoms with van der Waals surface area (Å²) in [6, 6.07) is 8.36. The molecule has 3 nitrogen and oxygen atoms in total. The quantitative estimate of drug-likeness (QED) is 0.840. The maximum absolute atomic E-state index is 11.9. The maximum atomic E-state index is 11.9. The predicted molar refractivity (Wildman–Crippen MR) is 86.2 cm³/mol. The van der Waals surface area contributed by atoms with Crippen LogP contribution in [0.1, 0.15) is 38.2 Å². The summed E-state index contributed by atoms with van der Waals surface area (Å²) in [6.45, 7) is 2.90. The molecule has 0 bridgehead atoms. The van der Waals surface area contributed by atoms with Gasteiger partial charge >= 0.3 is 0 Å². The van der Waals surface area contributed by atoms with Crippen molar-refractivity contribution in [2.24, 2.45) is 0 Å². The molecule has 3 heteroatoms. The van der Waals surface area contributed by atoms with E-state index in [9.17, 15) is 4.79 Å². The summed E-state index contributed by atoms with van der Waals surface area (Å²) in [6.07, 6.45) is 6.89. The number of Topliss-reactive ketones (excluding diaryl/α,β-unsaturated/α-hetero) is 1. The minimum Gasteiger partial charge on any atom is -0.388 e. The van der Waals surface area contributed by atoms with Gasteiger partial charge in [-0.15, -0.1) is 0 Å². The van der Waals surface area contributed by atoms with Crippen molar-refractivity contribution >= 4 is 16.7 Å². The van der Waals surface area contributed by atoms with Crippen LogP contribution in [-0.4, -0.2) is 17.3 Å². The first-order chi connectivity index (χ1) is 10.3. The smallest absolute Gasteiger partial charge is 0.160 e. The molecule has 0 atom stereocenters. The maximum Gasteiger partial charge on any atom is 0.160 e. The highest BCUT2D eigenvalue weighted by Gasteiger charge is 2.17. The molecule has 21 heavy (non-hydrogen) atoms. The summed E-state index contributed by atoms with van der Waals surface area (Å²) < 4.78 is 0. The molecule has 1 aromatic heterocycles. The number of hydrogen-bond acceptors (Lipinski definition) is 2. The fraction of sp³-hybridized carbons (Fsp3) is 0.389. The van der Waals surface area contributed by atoms with Crippen molar-refractivity contribution in [1.29, 1.82) is 0 Å². The van der Waals surface area contributed by atoms with Crippen molar-refractivity contribution in [3.8, 4) is 0 Å². The van der Waals surface area contributed by atoms with Crippen LogP contribution in [0.25, 0.3) is 10.9 Å². The second-order valence-corrected chi connectivity index (χ2v) is 5.77. The molecule has 0 amide bonds. The van der Waals surface area contributed by atoms with E-state index >= 15 is 0 Å². The molecule has 2 aromatic rings. The number of rotatable bonds is 4. The first kappa shape index (κ1) is 13.9. The van der Waals surface area contributed by atoms with Crippen LogP contribution in [0.5, 0.6) is 0 Å². The Morgan fingerprint density at radius 3 is 2.90 bits per heavy atom. The number of fused-ring (bicyclic) bond motifs is 1. The van der Waals surface area contributed by atoms with E-state index in [0.717, 1.165) is 49.9 Å². The fourth-order valence-electron chi connectivity index (χ4n) is 3.10. The molecule has 1 aromatic carbocycles. The molecule has 1 saturated carbocycles. The minimum atomic E-state index is 0.332. The van der Waals surface area contributed by atoms with Crippen molar-refractivity contribution in [1.82, 2.24) is 10.3 Å². The van der Waals surface area contributed by atoms with Gasteiger partial charge in [0, 0.05) is 41.3 Å². The van der Waals surface area contributed by atoms with Gasteiger partial charge in [0.15, 0.2) is 5.78 Å². The summed E-state index contributed by atoms with van der Waals surface area (Å²) in [4.78, 5) is 15.2. The number of carbonyl (C=O) groups excluding carboxylic acids is 1. The molecular weight excluding hydrogens is 260 g/mol. The Morgan fingerprint density at radius 2 is 2.05 bits per heavy atom. The van der Waals surface area contributed by atoms with E-state index in [1.54, 1.807) is 0 Å². The minimum absolute atomic E-state index is 0.332. The number of allylic oxidation sites excluding steroid dienone is 2. The van der Waals surface area contributed by atoms with Crippen molar-refractivity contribution < 1.29 is 4.79 Å². The number of aromatic nitrogens is 1. The monoisotopic (exact) mass is 282 g/mol. The highest BCUT2D eigenvalue weighted by molar-refractivity contribution is 5.96. The Balaban J connectivity index is 1.63. The number of nitrogens with one attached hydrogen (secondary N) is 2. The zero-order chi connectivity index (χ0) is 14.7. The number of H-pyrrole nitrogens is 1. The van der Waals surface area contributed by atoms with Gasteiger partial charge in [0.25, 0.3) is 0 Å². The molecular formula is C18H22N2O. The number of carbonyl (C=O) groups is 1. The van der Waals surface area contributed by atoms with Gasteiger partial charge in [-0.2, -0.15) is 0 Å². The van der Waals surface area contributed by atoms with Crippen molar-refractivity contribution in [2.45, 2.75) is 39.0 Å². The van der Waals surface area contributed by atoms with E-state index in [2.05, 4.69) is 34.7 Å². The molecule has 110 valence electrons. The van der Waals surface area contributed by atoms with Gasteiger partial charge in [-0.1, -0.05) is 18.2 Å². The molecule has 1 fully saturated rings. The fourth-order valence-corrected chi connectivity index (χ4v) is 3.10. The molecule has 0 spiro atoms. The number of hydrogen-bond donors (Lipinski definition) is 2. The van der Waals surface area contributed by atoms with Crippen molar-refractivity contribution in [3.63, 3.8) is 0 Å². The summed E-state index contributed by atoms with van der Waals surface area (Å²) >= 11 is 0. The topological polar surface area (TPSA) is 44.9 Å². The highest BCUT2D eigenvalue weighted by atomic mass is 16.1. The van der Waals surface area contributed by atoms with Gasteiger partial charge in [0.1, 0.15) is 0 Å². The second kappa shape index (κ2) is 6.17. The summed E-state index contributed by atoms with van der Waals surface area (Å²) in [5, 5.41) is 4.72. The van der Waals surface area contributed by atoms with Crippen molar-refractivity contribution in [3.05, 3.63) is 47.3 Å². The van der Waals surface area contributed by atoms with E-state index in [1.807, 2.05) is 13.0 Å². The Hall–Kier alpha value is -2.03. The zero-order valence-electron chi connectivity index (χ0n) is 12.5. The van der Waals surface area contributed by atoms with Gasteiger partial charge in [-0.25, -0.2) is 0 Å². The molecule has 1 aliphatic rings. The Morgan fingerprint density at radius 1 is 1.24 bits per heavy atom. The van der Waals surface area contributed by atoms with Gasteiger partial charge in [0.05, 0.1) is 0 Å². The average Bonchev–Trinajstić information content (AvgIpc) is 2.91. The molecule has 0 saturated heterocycles. The Labute approximate surface area is 125 Å². The van der Waals surface area contributed by atoms with E-state index in [4.69, 9.17) is 0 Å². The van der Waals surface area contributed by atoms with Crippen LogP contribution in [0.2, 0.25) is 0 Å². The lowest BCUT2D eigenvalue weighted by molar-refractivity contribution is -0.116. The molecule has 0 radical (unpaired) electrons. The standard InChI is InChI=1S/C18H22N2O/c1-13(15-6-3-5-9-18(15)21)19-11-10-14-12-20-17-8-4-2-7-16(14)17/h2,4,7-8,12,19-20H,3,5-6,9-11H2,1H3. The van der Waals surface area contributed by atoms with Gasteiger partial charge in [-0.05, 0) is 44.2 Å². The van der Waals surface area contributed by atoms with E-state index in [-0.39, 0.29) is 0 Å². The lowest BCUT2D eigenvalue weighted by atomic mass is 9.92. The molecule has 3 rings (SSSR count). The van der Waals surface area contributed by atoms with Crippen LogP contribution in [0, 0.1) is 0 Å². The average molecular weight is 282 g/mol. The van der Waals surface area contributed by atoms with Crippen LogP contribution in [-0.2, 0) is 11.2 Å². The summed E-state index contributed by atoms with van der Waals surface area (Å²) in [5.41, 5.74) is 4.59. The number of benzene rings is 1. The summed E-state index contributed by atoms with van der Waals surface area (Å²) in [7, 11) is 0. The Bertz CT molecular complexity index is 681. The van der Waals surface area contributed by atoms with Crippen molar-refractivity contribution in [2.75, 3.05) is 6.54 Å². The van der Waals surface area contributed by atoms with Gasteiger partial charge < -0.3 is 10.3 Å². The first-order valence-corrected chi connectivity index (χ1v) is 7.77. The third-order valence-electron chi connectivity index (χ3n) is 4.33. The first-order valence-electron chi connectivity index (χ1n) is 7.77. The van der Waals surface area contributed by atoms with E-state index in [0.29, 0.717) is 5.78 Å². The zero-order valence-corrected chi connectivity index (χ0v) is 12.5. The highest BCUT2D eigenvalue weighted by Crippen LogP contribution is 2.22. The third kappa shape index (κ3) is 3.02. The summed E-state index contributed by atoms with van der Waals surface area (Å²) in [5.74, 6) is 0.332. The molecule has 0 unspecified atom stereocenters. The normalized spacial score (nSPS) is 18.0. The molecule has 0 aliphatic heterocycles. The third-order valence-corrected chi connectivity index (χ3v) is 4.33. The van der Waals surface area contributed by atoms with E-state index in [1.165, 1.54) is 16.5 Å². The molecule has 2 N–H and O–H groups in total. The molecule has 1 heterocycles. The predicted octanol–water partition coefficient (Wildman–Crippen LogP) is 3.72. The van der Waals surface area contributed by atoms with Crippen LogP contribution in [0.4, 0.5) is 0 Å². The molecule has 1 aliphatic carbocycles. The Kier molecular flexibility index (Phi) is 4.09. The van der Waals surface area contributed by atoms with Crippen LogP contribution in [0.15, 0.2) is 41.7 Å². The van der Waals surface area contributed by atoms with Crippen LogP contribution >= 0.6 is 0 Å². The number of aromatic amines is 1. The van der Waals surface area contributed by atoms with E-state index < -0.39 is 0 Å². The largest absolute Gasteiger partial charge is 0.388 e.